The van der Waals surface area contributed by atoms with Gasteiger partial charge in [0.25, 0.3) is 0 Å². The number of hydrogen-bond acceptors (Lipinski definition) is 0. The van der Waals surface area contributed by atoms with Gasteiger partial charge < -0.3 is 0 Å². The Morgan fingerprint density at radius 2 is 1.78 bits per heavy atom. The smallest absolute Gasteiger partial charge is 0.207 e. The van der Waals surface area contributed by atoms with Gasteiger partial charge in [-0.05, 0) is 48.6 Å². The molecule has 0 bridgehead atoms. The van der Waals surface area contributed by atoms with Gasteiger partial charge in [-0.2, -0.15) is 0 Å². The Kier molecular flexibility index (Phi) is 5.09. The predicted octanol–water partition coefficient (Wildman–Crippen LogP) is 4.37. The van der Waals surface area contributed by atoms with Crippen molar-refractivity contribution in [3.63, 3.8) is 0 Å². The maximum Gasteiger partial charge on any atom is 0.212 e. The molecule has 0 spiro atoms. The second-order valence-electron chi connectivity index (χ2n) is 8.02. The molecule has 2 rings (SSSR count). The van der Waals surface area contributed by atoms with Crippen LogP contribution in [0.4, 0.5) is 4.39 Å². The third-order valence-electron chi connectivity index (χ3n) is 4.26. The quantitative estimate of drug-likeness (QED) is 0.579. The number of halogens is 1. The van der Waals surface area contributed by atoms with Gasteiger partial charge in [0, 0.05) is 16.8 Å². The Labute approximate surface area is 141 Å². The van der Waals surface area contributed by atoms with E-state index >= 15 is 0 Å². The number of aryl methyl sites for hydroxylation is 2. The fourth-order valence-corrected chi connectivity index (χ4v) is 4.88. The molecule has 1 nitrogen and oxygen atoms in total. The molecule has 0 atom stereocenters. The van der Waals surface area contributed by atoms with Crippen molar-refractivity contribution in [2.24, 2.45) is 13.0 Å². The molecule has 0 saturated carbocycles. The summed E-state index contributed by atoms with van der Waals surface area (Å²) in [4.78, 5) is 0. The molecule has 124 valence electrons. The highest BCUT2D eigenvalue weighted by Gasteiger charge is 2.26. The lowest BCUT2D eigenvalue weighted by molar-refractivity contribution is -0.659. The fourth-order valence-electron chi connectivity index (χ4n) is 3.16. The van der Waals surface area contributed by atoms with Crippen LogP contribution in [0.25, 0.3) is 11.3 Å². The first-order valence-electron chi connectivity index (χ1n) is 8.39. The Bertz CT molecular complexity index is 714. The molecule has 1 heterocycles. The summed E-state index contributed by atoms with van der Waals surface area (Å²) in [5.41, 5.74) is 4.72. The second-order valence-corrected chi connectivity index (χ2v) is 13.1. The molecule has 0 unspecified atom stereocenters. The molecule has 0 aliphatic rings. The van der Waals surface area contributed by atoms with Crippen molar-refractivity contribution >= 4 is 13.3 Å². The molecule has 1 aromatic heterocycles. The number of pyridine rings is 1. The van der Waals surface area contributed by atoms with E-state index in [9.17, 15) is 4.39 Å². The molecule has 0 fully saturated rings. The van der Waals surface area contributed by atoms with Crippen LogP contribution in [0.5, 0.6) is 0 Å². The van der Waals surface area contributed by atoms with Crippen molar-refractivity contribution in [1.82, 2.24) is 0 Å². The van der Waals surface area contributed by atoms with Crippen LogP contribution in [0.2, 0.25) is 19.6 Å². The molecule has 0 N–H and O–H groups in total. The summed E-state index contributed by atoms with van der Waals surface area (Å²) in [7, 11) is 0.695. The summed E-state index contributed by atoms with van der Waals surface area (Å²) >= 11 is 0. The van der Waals surface area contributed by atoms with Gasteiger partial charge in [-0.15, -0.1) is 0 Å². The highest BCUT2D eigenvalue weighted by atomic mass is 28.3. The summed E-state index contributed by atoms with van der Waals surface area (Å²) in [6, 6.07) is 7.39. The van der Waals surface area contributed by atoms with Crippen LogP contribution in [0.3, 0.4) is 0 Å². The van der Waals surface area contributed by atoms with Gasteiger partial charge in [0.05, 0.1) is 8.07 Å². The predicted molar refractivity (Wildman–Crippen MR) is 99.3 cm³/mol. The van der Waals surface area contributed by atoms with Crippen molar-refractivity contribution in [3.8, 4) is 11.3 Å². The average Bonchev–Trinajstić information content (AvgIpc) is 2.39. The minimum atomic E-state index is -1.40. The molecule has 23 heavy (non-hydrogen) atoms. The van der Waals surface area contributed by atoms with Crippen LogP contribution < -0.4 is 9.75 Å². The average molecular weight is 331 g/mol. The highest BCUT2D eigenvalue weighted by molar-refractivity contribution is 6.88. The first-order valence-corrected chi connectivity index (χ1v) is 11.9. The third kappa shape index (κ3) is 4.08. The molecule has 2 aromatic rings. The first kappa shape index (κ1) is 17.9. The number of aromatic nitrogens is 1. The van der Waals surface area contributed by atoms with Crippen LogP contribution in [-0.2, 0) is 13.5 Å². The zero-order valence-electron chi connectivity index (χ0n) is 15.5. The molecule has 0 aliphatic heterocycles. The zero-order chi connectivity index (χ0) is 17.4. The Morgan fingerprint density at radius 1 is 1.13 bits per heavy atom. The van der Waals surface area contributed by atoms with Crippen LogP contribution >= 0.6 is 0 Å². The van der Waals surface area contributed by atoms with Gasteiger partial charge in [0.15, 0.2) is 6.20 Å². The largest absolute Gasteiger partial charge is 0.212 e. The van der Waals surface area contributed by atoms with E-state index in [4.69, 9.17) is 0 Å². The third-order valence-corrected chi connectivity index (χ3v) is 6.33. The Hall–Kier alpha value is -1.48. The van der Waals surface area contributed by atoms with Gasteiger partial charge in [0.1, 0.15) is 12.9 Å². The number of nitrogens with zero attached hydrogens (tertiary/aromatic N) is 1. The minimum Gasteiger partial charge on any atom is -0.207 e. The van der Waals surface area contributed by atoms with E-state index in [1.54, 1.807) is 12.1 Å². The van der Waals surface area contributed by atoms with Gasteiger partial charge in [0.2, 0.25) is 5.69 Å². The van der Waals surface area contributed by atoms with E-state index in [0.29, 0.717) is 5.92 Å². The first-order chi connectivity index (χ1) is 10.6. The SMILES string of the molecule is Cc1cc(F)ccc1-c1cc(CC(C)C)c([Si](C)(C)C)c[n+]1C. The van der Waals surface area contributed by atoms with E-state index in [2.05, 4.69) is 57.4 Å². The van der Waals surface area contributed by atoms with E-state index in [1.165, 1.54) is 16.4 Å². The maximum atomic E-state index is 13.4. The van der Waals surface area contributed by atoms with Gasteiger partial charge >= 0.3 is 0 Å². The van der Waals surface area contributed by atoms with Crippen LogP contribution in [0, 0.1) is 18.7 Å². The van der Waals surface area contributed by atoms with Crippen molar-refractivity contribution in [3.05, 3.63) is 47.4 Å². The van der Waals surface area contributed by atoms with E-state index < -0.39 is 8.07 Å². The second kappa shape index (κ2) is 6.56. The lowest BCUT2D eigenvalue weighted by Gasteiger charge is -2.21. The molecular weight excluding hydrogens is 301 g/mol. The maximum absolute atomic E-state index is 13.4. The molecule has 0 aliphatic carbocycles. The summed E-state index contributed by atoms with van der Waals surface area (Å²) in [6.07, 6.45) is 3.40. The summed E-state index contributed by atoms with van der Waals surface area (Å²) in [5.74, 6) is 0.454. The molecular formula is C20H29FNSi+. The van der Waals surface area contributed by atoms with Gasteiger partial charge in [-0.3, -0.25) is 0 Å². The summed E-state index contributed by atoms with van der Waals surface area (Å²) in [6.45, 7) is 13.7. The summed E-state index contributed by atoms with van der Waals surface area (Å²) in [5, 5.41) is 1.53. The van der Waals surface area contributed by atoms with Crippen molar-refractivity contribution in [2.45, 2.75) is 46.8 Å². The fraction of sp³-hybridized carbons (Fsp3) is 0.450. The molecule has 3 heteroatoms. The van der Waals surface area contributed by atoms with Crippen LogP contribution in [0.1, 0.15) is 25.0 Å². The Balaban J connectivity index is 2.66. The van der Waals surface area contributed by atoms with E-state index in [0.717, 1.165) is 17.5 Å². The lowest BCUT2D eigenvalue weighted by atomic mass is 9.99. The molecule has 0 radical (unpaired) electrons. The normalized spacial score (nSPS) is 12.0. The highest BCUT2D eigenvalue weighted by Crippen LogP contribution is 2.23. The number of hydrogen-bond donors (Lipinski definition) is 0. The topological polar surface area (TPSA) is 3.88 Å². The molecule has 0 amide bonds. The van der Waals surface area contributed by atoms with E-state index in [-0.39, 0.29) is 5.82 Å². The summed E-state index contributed by atoms with van der Waals surface area (Å²) < 4.78 is 15.6. The van der Waals surface area contributed by atoms with Crippen molar-refractivity contribution < 1.29 is 8.96 Å². The number of rotatable bonds is 4. The van der Waals surface area contributed by atoms with Gasteiger partial charge in [-0.25, -0.2) is 8.96 Å². The molecule has 1 aromatic carbocycles. The van der Waals surface area contributed by atoms with Crippen molar-refractivity contribution in [2.75, 3.05) is 0 Å². The molecule has 0 saturated heterocycles. The van der Waals surface area contributed by atoms with Crippen LogP contribution in [0.15, 0.2) is 30.5 Å². The lowest BCUT2D eigenvalue weighted by Crippen LogP contribution is -2.47. The minimum absolute atomic E-state index is 0.171. The van der Waals surface area contributed by atoms with Gasteiger partial charge in [-0.1, -0.05) is 33.5 Å². The van der Waals surface area contributed by atoms with Crippen LogP contribution in [-0.4, -0.2) is 8.07 Å². The van der Waals surface area contributed by atoms with Crippen molar-refractivity contribution in [1.29, 1.82) is 0 Å². The number of benzene rings is 1. The monoisotopic (exact) mass is 330 g/mol. The Morgan fingerprint density at radius 3 is 2.30 bits per heavy atom. The van der Waals surface area contributed by atoms with E-state index in [1.807, 2.05) is 13.0 Å². The standard InChI is InChI=1S/C20H29FNSi/c1-14(2)10-16-12-19(18-9-8-17(21)11-15(18)3)22(4)13-20(16)23(5,6)7/h8-9,11-14H,10H2,1-7H3/q+1. The zero-order valence-corrected chi connectivity index (χ0v) is 16.5.